The second-order valence-corrected chi connectivity index (χ2v) is 10.1. The molecule has 4 unspecified atom stereocenters. The summed E-state index contributed by atoms with van der Waals surface area (Å²) in [6, 6.07) is 8.09. The van der Waals surface area contributed by atoms with Gasteiger partial charge in [-0.15, -0.1) is 0 Å². The minimum Gasteiger partial charge on any atom is -0.324 e. The first kappa shape index (κ1) is 20.5. The molecule has 2 aromatic rings. The first-order chi connectivity index (χ1) is 15.3. The van der Waals surface area contributed by atoms with E-state index in [4.69, 9.17) is 34.8 Å². The van der Waals surface area contributed by atoms with Gasteiger partial charge in [-0.1, -0.05) is 40.9 Å². The van der Waals surface area contributed by atoms with Crippen molar-refractivity contribution in [2.24, 2.45) is 11.8 Å². The van der Waals surface area contributed by atoms with E-state index in [0.29, 0.717) is 28.0 Å². The first-order valence-electron chi connectivity index (χ1n) is 10.5. The molecule has 0 aliphatic carbocycles. The van der Waals surface area contributed by atoms with Crippen molar-refractivity contribution in [1.82, 2.24) is 4.90 Å². The van der Waals surface area contributed by atoms with E-state index in [0.717, 1.165) is 24.0 Å². The summed E-state index contributed by atoms with van der Waals surface area (Å²) in [6.45, 7) is 2.50. The van der Waals surface area contributed by atoms with E-state index in [9.17, 15) is 14.4 Å². The van der Waals surface area contributed by atoms with Gasteiger partial charge in [0, 0.05) is 16.6 Å². The lowest BCUT2D eigenvalue weighted by Gasteiger charge is -2.36. The molecule has 3 amide bonds. The number of imide groups is 1. The molecular weight excluding hydrogens is 473 g/mol. The van der Waals surface area contributed by atoms with Crippen LogP contribution in [0.4, 0.5) is 11.4 Å². The third-order valence-corrected chi connectivity index (χ3v) is 8.67. The highest BCUT2D eigenvalue weighted by molar-refractivity contribution is 6.42. The van der Waals surface area contributed by atoms with Gasteiger partial charge in [0.05, 0.1) is 33.3 Å². The predicted molar refractivity (Wildman–Crippen MR) is 122 cm³/mol. The summed E-state index contributed by atoms with van der Waals surface area (Å²) in [5.41, 5.74) is 1.26. The Bertz CT molecular complexity index is 1250. The summed E-state index contributed by atoms with van der Waals surface area (Å²) < 4.78 is 0. The van der Waals surface area contributed by atoms with E-state index in [2.05, 4.69) is 10.2 Å². The van der Waals surface area contributed by atoms with Crippen LogP contribution in [0.3, 0.4) is 0 Å². The average molecular weight is 491 g/mol. The van der Waals surface area contributed by atoms with Crippen molar-refractivity contribution in [3.8, 4) is 0 Å². The number of benzene rings is 2. The number of nitrogens with one attached hydrogen (secondary N) is 1. The summed E-state index contributed by atoms with van der Waals surface area (Å²) >= 11 is 18.5. The van der Waals surface area contributed by atoms with E-state index in [1.54, 1.807) is 18.2 Å². The fraction of sp³-hybridized carbons (Fsp3) is 0.348. The standard InChI is InChI=1S/C23H18Cl3N3O3/c1-10-13(24)7-5-12-19(10)27-22(32)23(12)18-17(16-3-2-8-28(16)23)20(30)29(21(18)31)11-4-6-14(25)15(26)9-11/h4-7,9,16-18H,2-3,8H2,1H3,(H,27,32). The average Bonchev–Trinajstić information content (AvgIpc) is 3.46. The highest BCUT2D eigenvalue weighted by atomic mass is 35.5. The summed E-state index contributed by atoms with van der Waals surface area (Å²) in [5, 5.41) is 4.12. The molecule has 1 spiro atoms. The molecule has 4 heterocycles. The molecule has 6 rings (SSSR count). The Morgan fingerprint density at radius 1 is 1.00 bits per heavy atom. The maximum Gasteiger partial charge on any atom is 0.250 e. The van der Waals surface area contributed by atoms with Crippen LogP contribution in [0.5, 0.6) is 0 Å². The molecule has 3 fully saturated rings. The Hall–Kier alpha value is -2.12. The smallest absolute Gasteiger partial charge is 0.250 e. The van der Waals surface area contributed by atoms with Crippen molar-refractivity contribution in [2.45, 2.75) is 31.3 Å². The molecule has 9 heteroatoms. The lowest BCUT2D eigenvalue weighted by atomic mass is 9.75. The van der Waals surface area contributed by atoms with Crippen LogP contribution >= 0.6 is 34.8 Å². The molecule has 0 radical (unpaired) electrons. The predicted octanol–water partition coefficient (Wildman–Crippen LogP) is 4.39. The molecule has 32 heavy (non-hydrogen) atoms. The largest absolute Gasteiger partial charge is 0.324 e. The molecule has 0 saturated carbocycles. The van der Waals surface area contributed by atoms with Crippen molar-refractivity contribution in [3.63, 3.8) is 0 Å². The third-order valence-electron chi connectivity index (χ3n) is 7.52. The van der Waals surface area contributed by atoms with Gasteiger partial charge < -0.3 is 5.32 Å². The van der Waals surface area contributed by atoms with Crippen molar-refractivity contribution >= 4 is 63.9 Å². The summed E-state index contributed by atoms with van der Waals surface area (Å²) in [6.07, 6.45) is 1.62. The zero-order chi connectivity index (χ0) is 22.5. The van der Waals surface area contributed by atoms with E-state index in [1.807, 2.05) is 13.0 Å². The van der Waals surface area contributed by atoms with Gasteiger partial charge in [-0.3, -0.25) is 19.3 Å². The number of hydrogen-bond donors (Lipinski definition) is 1. The molecule has 2 aromatic carbocycles. The Balaban J connectivity index is 1.56. The van der Waals surface area contributed by atoms with Gasteiger partial charge in [-0.05, 0) is 56.1 Å². The van der Waals surface area contributed by atoms with E-state index >= 15 is 0 Å². The fourth-order valence-electron chi connectivity index (χ4n) is 6.27. The molecule has 6 nitrogen and oxygen atoms in total. The number of hydrogen-bond acceptors (Lipinski definition) is 4. The molecule has 0 aromatic heterocycles. The third kappa shape index (κ3) is 2.29. The second-order valence-electron chi connectivity index (χ2n) is 8.83. The number of halogens is 3. The zero-order valence-electron chi connectivity index (χ0n) is 17.0. The summed E-state index contributed by atoms with van der Waals surface area (Å²) in [5.74, 6) is -2.37. The Morgan fingerprint density at radius 3 is 2.50 bits per heavy atom. The summed E-state index contributed by atoms with van der Waals surface area (Å²) in [4.78, 5) is 44.5. The van der Waals surface area contributed by atoms with E-state index in [-0.39, 0.29) is 28.8 Å². The van der Waals surface area contributed by atoms with Gasteiger partial charge in [0.15, 0.2) is 0 Å². The van der Waals surface area contributed by atoms with Gasteiger partial charge in [0.2, 0.25) is 17.7 Å². The number of amides is 3. The van der Waals surface area contributed by atoms with Crippen LogP contribution in [-0.2, 0) is 19.9 Å². The van der Waals surface area contributed by atoms with Gasteiger partial charge in [0.1, 0.15) is 5.54 Å². The van der Waals surface area contributed by atoms with Crippen LogP contribution in [0.2, 0.25) is 15.1 Å². The normalized spacial score (nSPS) is 30.8. The fourth-order valence-corrected chi connectivity index (χ4v) is 6.72. The molecule has 4 atom stereocenters. The van der Waals surface area contributed by atoms with Crippen LogP contribution in [0, 0.1) is 18.8 Å². The summed E-state index contributed by atoms with van der Waals surface area (Å²) in [7, 11) is 0. The molecule has 1 N–H and O–H groups in total. The zero-order valence-corrected chi connectivity index (χ0v) is 19.3. The highest BCUT2D eigenvalue weighted by Gasteiger charge is 2.74. The van der Waals surface area contributed by atoms with Crippen molar-refractivity contribution < 1.29 is 14.4 Å². The number of carbonyl (C=O) groups is 3. The number of rotatable bonds is 1. The molecule has 4 aliphatic heterocycles. The molecule has 3 saturated heterocycles. The maximum absolute atomic E-state index is 13.9. The number of carbonyl (C=O) groups excluding carboxylic acids is 3. The van der Waals surface area contributed by atoms with Gasteiger partial charge >= 0.3 is 0 Å². The molecule has 164 valence electrons. The molecule has 0 bridgehead atoms. The van der Waals surface area contributed by atoms with Crippen molar-refractivity contribution in [3.05, 3.63) is 56.5 Å². The Kier molecular flexibility index (Phi) is 4.29. The van der Waals surface area contributed by atoms with E-state index < -0.39 is 17.4 Å². The topological polar surface area (TPSA) is 69.7 Å². The van der Waals surface area contributed by atoms with Crippen LogP contribution in [0.1, 0.15) is 24.0 Å². The SMILES string of the molecule is Cc1c(Cl)ccc2c1NC(=O)C21C2C(=O)N(c3ccc(Cl)c(Cl)c3)C(=O)C2C2CCCN21. The second kappa shape index (κ2) is 6.70. The van der Waals surface area contributed by atoms with Crippen molar-refractivity contribution in [1.29, 1.82) is 0 Å². The van der Waals surface area contributed by atoms with E-state index in [1.165, 1.54) is 11.0 Å². The van der Waals surface area contributed by atoms with Gasteiger partial charge in [0.25, 0.3) is 0 Å². The maximum atomic E-state index is 13.9. The lowest BCUT2D eigenvalue weighted by molar-refractivity contribution is -0.135. The molecular formula is C23H18Cl3N3O3. The highest BCUT2D eigenvalue weighted by Crippen LogP contribution is 2.61. The first-order valence-corrected chi connectivity index (χ1v) is 11.6. The lowest BCUT2D eigenvalue weighted by Crippen LogP contribution is -2.54. The number of nitrogens with zero attached hydrogens (tertiary/aromatic N) is 2. The number of fused-ring (bicyclic) bond motifs is 7. The Labute approximate surface area is 199 Å². The minimum atomic E-state index is -1.23. The van der Waals surface area contributed by atoms with Crippen LogP contribution < -0.4 is 10.2 Å². The monoisotopic (exact) mass is 489 g/mol. The van der Waals surface area contributed by atoms with Crippen LogP contribution in [0.15, 0.2) is 30.3 Å². The van der Waals surface area contributed by atoms with Crippen molar-refractivity contribution in [2.75, 3.05) is 16.8 Å². The minimum absolute atomic E-state index is 0.183. The van der Waals surface area contributed by atoms with Gasteiger partial charge in [-0.2, -0.15) is 0 Å². The van der Waals surface area contributed by atoms with Gasteiger partial charge in [-0.25, -0.2) is 4.90 Å². The number of anilines is 2. The van der Waals surface area contributed by atoms with Crippen LogP contribution in [-0.4, -0.2) is 35.2 Å². The Morgan fingerprint density at radius 2 is 1.75 bits per heavy atom. The van der Waals surface area contributed by atoms with Crippen LogP contribution in [0.25, 0.3) is 0 Å². The molecule has 4 aliphatic rings. The quantitative estimate of drug-likeness (QED) is 0.602.